The largest absolute Gasteiger partial charge is 0.333 e. The average Bonchev–Trinajstić information content (AvgIpc) is 3.83. The molecule has 16 heteroatoms. The molecule has 1 N–H and O–H groups in total. The molecule has 3 aromatic heterocycles. The van der Waals surface area contributed by atoms with Crippen LogP contribution in [0.25, 0.3) is 5.57 Å². The second-order valence-corrected chi connectivity index (χ2v) is 13.8. The summed E-state index contributed by atoms with van der Waals surface area (Å²) in [5, 5.41) is 6.62. The Hall–Kier alpha value is -3.63. The molecule has 2 saturated heterocycles. The molecule has 0 radical (unpaired) electrons. The predicted molar refractivity (Wildman–Crippen MR) is 163 cm³/mol. The summed E-state index contributed by atoms with van der Waals surface area (Å²) in [6.45, 7) is -2.30. The van der Waals surface area contributed by atoms with Crippen LogP contribution in [-0.4, -0.2) is 62.3 Å². The normalized spacial score (nSPS) is 22.4. The average molecular weight is 675 g/mol. The Labute approximate surface area is 266 Å². The molecule has 10 nitrogen and oxygen atoms in total. The third-order valence-corrected chi connectivity index (χ3v) is 10.9. The minimum Gasteiger partial charge on any atom is -0.326 e. The molecular formula is C29H26ClF3N8O2S2. The van der Waals surface area contributed by atoms with Crippen molar-refractivity contribution in [2.75, 3.05) is 13.1 Å². The Balaban J connectivity index is 1.30. The maximum absolute atomic E-state index is 14.1. The smallest absolute Gasteiger partial charge is 0.326 e. The zero-order valence-corrected chi connectivity index (χ0v) is 25.9. The van der Waals surface area contributed by atoms with Crippen molar-refractivity contribution < 1.29 is 21.6 Å². The minimum absolute atomic E-state index is 0.104. The van der Waals surface area contributed by atoms with E-state index in [1.165, 1.54) is 46.1 Å². The zero-order valence-electron chi connectivity index (χ0n) is 23.5. The number of hydrogen-bond donors (Lipinski definition) is 1. The number of aliphatic imine (C=N–C) groups is 1. The Bertz CT molecular complexity index is 1890. The van der Waals surface area contributed by atoms with Crippen molar-refractivity contribution >= 4 is 44.6 Å². The van der Waals surface area contributed by atoms with Gasteiger partial charge in [0.25, 0.3) is 10.2 Å². The van der Waals surface area contributed by atoms with Crippen molar-refractivity contribution in [2.45, 2.75) is 43.9 Å². The standard InChI is InChI=1S/C29H26ClF3N8O2S2/c30-21-13-18(31)5-6-20(21)26-25(22-7-11-40(37-22)29(32)33)24-14-19(16-39(24)27(36-26)28-35-9-12-44-28)38-45(42,43)41-10-2-4-23(41)17-3-1-8-34-15-17/h1,3,5-9,11-13,15,19,23,26,29,38H,2,4,10,14,16H2/t19-,23?,26-/m0/s1. The van der Waals surface area contributed by atoms with Gasteiger partial charge in [0.15, 0.2) is 10.8 Å². The SMILES string of the molecule is O=S(=O)(N[C@H]1CC2=C(c3ccn(C(F)F)n3)[C@H](c3ccc(F)cc3Cl)N=C(c3nccs3)N2C1)N1CCCC1c1cccnc1. The van der Waals surface area contributed by atoms with Crippen molar-refractivity contribution in [1.82, 2.24) is 33.7 Å². The molecule has 45 heavy (non-hydrogen) atoms. The summed E-state index contributed by atoms with van der Waals surface area (Å²) < 4.78 is 74.0. The molecule has 7 rings (SSSR count). The van der Waals surface area contributed by atoms with Crippen molar-refractivity contribution in [3.05, 3.63) is 105 Å². The van der Waals surface area contributed by atoms with E-state index in [1.54, 1.807) is 30.0 Å². The second kappa shape index (κ2) is 11.9. The van der Waals surface area contributed by atoms with Crippen LogP contribution in [0.4, 0.5) is 13.2 Å². The summed E-state index contributed by atoms with van der Waals surface area (Å²) in [7, 11) is -3.95. The highest BCUT2D eigenvalue weighted by Gasteiger charge is 2.44. The van der Waals surface area contributed by atoms with Gasteiger partial charge < -0.3 is 4.90 Å². The fourth-order valence-corrected chi connectivity index (χ4v) is 8.80. The third kappa shape index (κ3) is 5.67. The summed E-state index contributed by atoms with van der Waals surface area (Å²) in [5.41, 5.74) is 2.60. The van der Waals surface area contributed by atoms with E-state index in [9.17, 15) is 21.6 Å². The molecular weight excluding hydrogens is 649 g/mol. The number of benzene rings is 1. The molecule has 234 valence electrons. The highest BCUT2D eigenvalue weighted by atomic mass is 35.5. The molecule has 1 aromatic carbocycles. The van der Waals surface area contributed by atoms with Gasteiger partial charge >= 0.3 is 6.55 Å². The number of nitrogens with one attached hydrogen (secondary N) is 1. The van der Waals surface area contributed by atoms with Gasteiger partial charge in [-0.05, 0) is 42.7 Å². The Morgan fingerprint density at radius 3 is 2.73 bits per heavy atom. The molecule has 3 atom stereocenters. The topological polar surface area (TPSA) is 109 Å². The minimum atomic E-state index is -3.95. The maximum atomic E-state index is 14.1. The lowest BCUT2D eigenvalue weighted by molar-refractivity contribution is 0.0564. The maximum Gasteiger partial charge on any atom is 0.333 e. The third-order valence-electron chi connectivity index (χ3n) is 8.12. The number of pyridine rings is 1. The van der Waals surface area contributed by atoms with E-state index in [0.29, 0.717) is 51.7 Å². The molecule has 4 aromatic rings. The molecule has 1 unspecified atom stereocenters. The van der Waals surface area contributed by atoms with Gasteiger partial charge in [-0.25, -0.2) is 14.1 Å². The first-order chi connectivity index (χ1) is 21.7. The van der Waals surface area contributed by atoms with Gasteiger partial charge in [0.1, 0.15) is 11.9 Å². The van der Waals surface area contributed by atoms with Gasteiger partial charge in [-0.2, -0.15) is 31.3 Å². The molecule has 0 bridgehead atoms. The fraction of sp³-hybridized carbons (Fsp3) is 0.310. The number of alkyl halides is 2. The number of amidine groups is 1. The van der Waals surface area contributed by atoms with E-state index < -0.39 is 34.7 Å². The Morgan fingerprint density at radius 2 is 2.02 bits per heavy atom. The predicted octanol–water partition coefficient (Wildman–Crippen LogP) is 5.58. The van der Waals surface area contributed by atoms with Crippen molar-refractivity contribution in [2.24, 2.45) is 4.99 Å². The molecule has 0 saturated carbocycles. The number of hydrogen-bond acceptors (Lipinski definition) is 8. The van der Waals surface area contributed by atoms with Gasteiger partial charge in [-0.3, -0.25) is 9.98 Å². The van der Waals surface area contributed by atoms with Gasteiger partial charge in [0.05, 0.1) is 11.7 Å². The lowest BCUT2D eigenvalue weighted by Crippen LogP contribution is -2.46. The van der Waals surface area contributed by atoms with Crippen LogP contribution in [0.5, 0.6) is 0 Å². The van der Waals surface area contributed by atoms with Crippen molar-refractivity contribution in [3.63, 3.8) is 0 Å². The summed E-state index contributed by atoms with van der Waals surface area (Å²) in [6, 6.07) is 7.25. The highest BCUT2D eigenvalue weighted by molar-refractivity contribution is 7.87. The first kappa shape index (κ1) is 30.0. The number of nitrogens with zero attached hydrogens (tertiary/aromatic N) is 7. The van der Waals surface area contributed by atoms with Gasteiger partial charge in [0.2, 0.25) is 0 Å². The van der Waals surface area contributed by atoms with Gasteiger partial charge in [0, 0.05) is 77.6 Å². The van der Waals surface area contributed by atoms with Crippen LogP contribution in [0.2, 0.25) is 5.02 Å². The molecule has 0 amide bonds. The van der Waals surface area contributed by atoms with E-state index in [4.69, 9.17) is 16.6 Å². The van der Waals surface area contributed by atoms with Crippen LogP contribution < -0.4 is 4.72 Å². The van der Waals surface area contributed by atoms with Gasteiger partial charge in [-0.1, -0.05) is 23.7 Å². The lowest BCUT2D eigenvalue weighted by Gasteiger charge is -2.32. The first-order valence-electron chi connectivity index (χ1n) is 14.2. The molecule has 0 aliphatic carbocycles. The summed E-state index contributed by atoms with van der Waals surface area (Å²) in [4.78, 5) is 15.5. The Morgan fingerprint density at radius 1 is 1.16 bits per heavy atom. The number of rotatable bonds is 8. The number of aromatic nitrogens is 4. The number of halogens is 4. The van der Waals surface area contributed by atoms with Crippen LogP contribution in [0.3, 0.4) is 0 Å². The van der Waals surface area contributed by atoms with Crippen LogP contribution in [-0.2, 0) is 10.2 Å². The van der Waals surface area contributed by atoms with Crippen LogP contribution in [0, 0.1) is 5.82 Å². The zero-order chi connectivity index (χ0) is 31.3. The van der Waals surface area contributed by atoms with Crippen molar-refractivity contribution in [1.29, 1.82) is 0 Å². The van der Waals surface area contributed by atoms with Crippen LogP contribution in [0.15, 0.2) is 77.3 Å². The fourth-order valence-electron chi connectivity index (χ4n) is 6.25. The van der Waals surface area contributed by atoms with Gasteiger partial charge in [-0.15, -0.1) is 11.3 Å². The Kier molecular flexibility index (Phi) is 7.98. The van der Waals surface area contributed by atoms with E-state index >= 15 is 0 Å². The monoisotopic (exact) mass is 674 g/mol. The molecule has 2 fully saturated rings. The van der Waals surface area contributed by atoms with Crippen LogP contribution >= 0.6 is 22.9 Å². The summed E-state index contributed by atoms with van der Waals surface area (Å²) >= 11 is 7.88. The van der Waals surface area contributed by atoms with E-state index in [0.717, 1.165) is 5.56 Å². The van der Waals surface area contributed by atoms with E-state index in [-0.39, 0.29) is 29.7 Å². The molecule has 3 aliphatic heterocycles. The summed E-state index contributed by atoms with van der Waals surface area (Å²) in [6.07, 6.45) is 7.72. The van der Waals surface area contributed by atoms with Crippen LogP contribution in [0.1, 0.15) is 59.7 Å². The lowest BCUT2D eigenvalue weighted by atomic mass is 9.92. The number of fused-ring (bicyclic) bond motifs is 1. The molecule has 6 heterocycles. The van der Waals surface area contributed by atoms with E-state index in [1.807, 2.05) is 11.0 Å². The van der Waals surface area contributed by atoms with E-state index in [2.05, 4.69) is 19.8 Å². The molecule has 3 aliphatic rings. The number of thiazole rings is 1. The second-order valence-electron chi connectivity index (χ2n) is 10.9. The van der Waals surface area contributed by atoms with Crippen molar-refractivity contribution in [3.8, 4) is 0 Å². The first-order valence-corrected chi connectivity index (χ1v) is 16.9. The summed E-state index contributed by atoms with van der Waals surface area (Å²) in [5.74, 6) is -0.0677. The quantitative estimate of drug-likeness (QED) is 0.262. The molecule has 0 spiro atoms. The highest BCUT2D eigenvalue weighted by Crippen LogP contribution is 2.46.